The number of methoxy groups -OCH3 is 1. The number of fused-ring (bicyclic) bond motifs is 1. The van der Waals surface area contributed by atoms with E-state index in [0.29, 0.717) is 11.3 Å². The van der Waals surface area contributed by atoms with Crippen LogP contribution in [0.2, 0.25) is 0 Å². The molecule has 16 heteroatoms. The van der Waals surface area contributed by atoms with Gasteiger partial charge in [0.1, 0.15) is 29.2 Å². The van der Waals surface area contributed by atoms with Gasteiger partial charge in [-0.05, 0) is 23.8 Å². The second-order valence-electron chi connectivity index (χ2n) is 8.24. The largest absolute Gasteiger partial charge is 0.497 e. The van der Waals surface area contributed by atoms with Crippen molar-refractivity contribution in [3.63, 3.8) is 0 Å². The van der Waals surface area contributed by atoms with Crippen molar-refractivity contribution in [2.45, 2.75) is 12.7 Å². The van der Waals surface area contributed by atoms with Gasteiger partial charge in [-0.2, -0.15) is 25.9 Å². The van der Waals surface area contributed by atoms with Gasteiger partial charge in [0, 0.05) is 26.5 Å². The fourth-order valence-electron chi connectivity index (χ4n) is 3.68. The van der Waals surface area contributed by atoms with Gasteiger partial charge in [0.2, 0.25) is 5.78 Å². The molecule has 0 aliphatic rings. The maximum absolute atomic E-state index is 13.7. The lowest BCUT2D eigenvalue weighted by molar-refractivity contribution is -0.144. The quantitative estimate of drug-likeness (QED) is 0.305. The number of aromatic nitrogens is 8. The van der Waals surface area contributed by atoms with Crippen molar-refractivity contribution >= 4 is 16.0 Å². The van der Waals surface area contributed by atoms with Crippen LogP contribution in [0.4, 0.5) is 13.2 Å². The number of halogens is 3. The lowest BCUT2D eigenvalue weighted by atomic mass is 10.2. The van der Waals surface area contributed by atoms with Crippen LogP contribution in [-0.2, 0) is 22.9 Å². The number of benzene rings is 1. The third-order valence-electron chi connectivity index (χ3n) is 5.56. The molecule has 0 spiro atoms. The van der Waals surface area contributed by atoms with E-state index in [1.165, 1.54) is 38.0 Å². The summed E-state index contributed by atoms with van der Waals surface area (Å²) in [5, 5.41) is 3.72. The van der Waals surface area contributed by atoms with Crippen LogP contribution in [0, 0.1) is 0 Å². The zero-order valence-corrected chi connectivity index (χ0v) is 21.0. The number of hydrogen-bond donors (Lipinski definition) is 0. The van der Waals surface area contributed by atoms with Crippen LogP contribution in [-0.4, -0.2) is 72.0 Å². The van der Waals surface area contributed by atoms with Gasteiger partial charge in [-0.15, -0.1) is 5.10 Å². The van der Waals surface area contributed by atoms with Crippen molar-refractivity contribution in [2.24, 2.45) is 0 Å². The van der Waals surface area contributed by atoms with Crippen LogP contribution in [0.5, 0.6) is 5.75 Å². The number of nitrogens with zero attached hydrogens (tertiary/aromatic N) is 9. The third-order valence-corrected chi connectivity index (χ3v) is 7.22. The summed E-state index contributed by atoms with van der Waals surface area (Å²) in [6.07, 6.45) is 0.563. The molecule has 0 aliphatic heterocycles. The molecule has 4 aromatic heterocycles. The monoisotopic (exact) mass is 547 g/mol. The summed E-state index contributed by atoms with van der Waals surface area (Å²) in [6.45, 7) is -0.0629. The van der Waals surface area contributed by atoms with Gasteiger partial charge in [0.05, 0.1) is 19.9 Å². The van der Waals surface area contributed by atoms with E-state index in [1.54, 1.807) is 36.5 Å². The van der Waals surface area contributed by atoms with Crippen LogP contribution >= 0.6 is 0 Å². The molecule has 4 heterocycles. The van der Waals surface area contributed by atoms with Crippen molar-refractivity contribution in [2.75, 3.05) is 21.2 Å². The van der Waals surface area contributed by atoms with Crippen LogP contribution in [0.3, 0.4) is 0 Å². The standard InChI is InChI=1S/C22H20F3N9O3S/c1-31(2)38(35,36)32-12-16(27-13-32)18-17(28-21-26-9-4-10-33(18)21)19-29-20(22(23,24)25)30-34(19)11-14-5-7-15(37-3)8-6-14/h4-10,12-13H,11H2,1-3H3. The zero-order chi connectivity index (χ0) is 27.2. The molecule has 5 rings (SSSR count). The van der Waals surface area contributed by atoms with E-state index in [1.807, 2.05) is 0 Å². The number of hydrogen-bond acceptors (Lipinski definition) is 8. The topological polar surface area (TPSA) is 125 Å². The lowest BCUT2D eigenvalue weighted by Gasteiger charge is -2.10. The van der Waals surface area contributed by atoms with E-state index in [4.69, 9.17) is 4.74 Å². The van der Waals surface area contributed by atoms with Gasteiger partial charge in [-0.3, -0.25) is 4.40 Å². The minimum absolute atomic E-state index is 0.00675. The first kappa shape index (κ1) is 25.3. The predicted molar refractivity (Wildman–Crippen MR) is 128 cm³/mol. The Morgan fingerprint density at radius 1 is 1.08 bits per heavy atom. The molecule has 12 nitrogen and oxygen atoms in total. The second-order valence-corrected chi connectivity index (χ2v) is 10.3. The molecule has 0 saturated heterocycles. The van der Waals surface area contributed by atoms with Crippen LogP contribution < -0.4 is 4.74 Å². The molecule has 5 aromatic rings. The van der Waals surface area contributed by atoms with E-state index in [2.05, 4.69) is 25.0 Å². The Bertz CT molecular complexity index is 1720. The highest BCUT2D eigenvalue weighted by atomic mass is 32.2. The Morgan fingerprint density at radius 2 is 1.82 bits per heavy atom. The van der Waals surface area contributed by atoms with Crippen molar-refractivity contribution in [1.29, 1.82) is 0 Å². The fraction of sp³-hybridized carbons (Fsp3) is 0.227. The van der Waals surface area contributed by atoms with E-state index in [9.17, 15) is 21.6 Å². The summed E-state index contributed by atoms with van der Waals surface area (Å²) in [5.41, 5.74) is 0.944. The smallest absolute Gasteiger partial charge is 0.453 e. The normalized spacial score (nSPS) is 12.5. The Morgan fingerprint density at radius 3 is 2.47 bits per heavy atom. The highest BCUT2D eigenvalue weighted by molar-refractivity contribution is 7.87. The van der Waals surface area contributed by atoms with Gasteiger partial charge in [0.15, 0.2) is 5.82 Å². The van der Waals surface area contributed by atoms with Gasteiger partial charge in [-0.1, -0.05) is 12.1 Å². The Balaban J connectivity index is 1.71. The maximum atomic E-state index is 13.7. The summed E-state index contributed by atoms with van der Waals surface area (Å²) in [4.78, 5) is 16.6. The molecule has 0 fully saturated rings. The molecule has 1 aromatic carbocycles. The molecule has 0 bridgehead atoms. The fourth-order valence-corrected chi connectivity index (χ4v) is 4.46. The lowest BCUT2D eigenvalue weighted by Crippen LogP contribution is -2.27. The predicted octanol–water partition coefficient (Wildman–Crippen LogP) is 2.58. The number of rotatable bonds is 7. The van der Waals surface area contributed by atoms with Crippen LogP contribution in [0.25, 0.3) is 28.7 Å². The van der Waals surface area contributed by atoms with E-state index in [-0.39, 0.29) is 35.2 Å². The van der Waals surface area contributed by atoms with Crippen molar-refractivity contribution in [3.8, 4) is 28.7 Å². The molecule has 198 valence electrons. The third kappa shape index (κ3) is 4.47. The van der Waals surface area contributed by atoms with Crippen molar-refractivity contribution in [1.82, 2.24) is 42.4 Å². The van der Waals surface area contributed by atoms with E-state index < -0.39 is 22.2 Å². The van der Waals surface area contributed by atoms with Crippen molar-refractivity contribution in [3.05, 3.63) is 66.6 Å². The second kappa shape index (κ2) is 9.21. The molecule has 0 saturated carbocycles. The molecule has 0 unspecified atom stereocenters. The van der Waals surface area contributed by atoms with Gasteiger partial charge in [-0.25, -0.2) is 28.6 Å². The summed E-state index contributed by atoms with van der Waals surface area (Å²) < 4.78 is 75.9. The van der Waals surface area contributed by atoms with Gasteiger partial charge < -0.3 is 4.74 Å². The Hall–Kier alpha value is -4.31. The molecule has 0 N–H and O–H groups in total. The molecule has 0 amide bonds. The minimum atomic E-state index is -4.82. The summed E-state index contributed by atoms with van der Waals surface area (Å²) in [7, 11) is 0.326. The van der Waals surface area contributed by atoms with Gasteiger partial charge >= 0.3 is 16.4 Å². The first-order valence-corrected chi connectivity index (χ1v) is 12.3. The SMILES string of the molecule is COc1ccc(Cn2nc(C(F)(F)F)nc2-c2nc3ncccn3c2-c2cn(S(=O)(=O)N(C)C)cn2)cc1. The first-order chi connectivity index (χ1) is 18.0. The van der Waals surface area contributed by atoms with E-state index in [0.717, 1.165) is 19.3 Å². The number of ether oxygens (including phenoxy) is 1. The summed E-state index contributed by atoms with van der Waals surface area (Å²) in [5.74, 6) is -0.813. The highest BCUT2D eigenvalue weighted by Crippen LogP contribution is 2.34. The molecule has 38 heavy (non-hydrogen) atoms. The van der Waals surface area contributed by atoms with Crippen LogP contribution in [0.15, 0.2) is 55.2 Å². The molecule has 0 atom stereocenters. The Labute approximate surface area is 214 Å². The van der Waals surface area contributed by atoms with E-state index >= 15 is 0 Å². The maximum Gasteiger partial charge on any atom is 0.453 e. The molecule has 0 radical (unpaired) electrons. The minimum Gasteiger partial charge on any atom is -0.497 e. The molecule has 0 aliphatic carbocycles. The number of imidazole rings is 2. The highest BCUT2D eigenvalue weighted by Gasteiger charge is 2.38. The Kier molecular flexibility index (Phi) is 6.15. The summed E-state index contributed by atoms with van der Waals surface area (Å²) >= 11 is 0. The average molecular weight is 548 g/mol. The number of alkyl halides is 3. The zero-order valence-electron chi connectivity index (χ0n) is 20.2. The van der Waals surface area contributed by atoms with Gasteiger partial charge in [0.25, 0.3) is 5.82 Å². The molecular weight excluding hydrogens is 527 g/mol. The summed E-state index contributed by atoms with van der Waals surface area (Å²) in [6, 6.07) is 8.33. The van der Waals surface area contributed by atoms with Crippen LogP contribution in [0.1, 0.15) is 11.4 Å². The average Bonchev–Trinajstić information content (AvgIpc) is 3.60. The first-order valence-electron chi connectivity index (χ1n) is 10.9. The van der Waals surface area contributed by atoms with Crippen molar-refractivity contribution < 1.29 is 26.3 Å². The molecular formula is C22H20F3N9O3S.